The molecule has 0 aromatic heterocycles. The molecule has 0 aromatic carbocycles. The molecule has 2 heterocycles. The van der Waals surface area contributed by atoms with Crippen molar-refractivity contribution in [2.75, 3.05) is 7.11 Å². The number of hydrogen-bond acceptors (Lipinski definition) is 7. The molecule has 2 fully saturated rings. The number of carbonyl (C=O) groups is 4. The number of cyclic esters (lactones) is 1. The van der Waals surface area contributed by atoms with Crippen molar-refractivity contribution in [3.63, 3.8) is 0 Å². The summed E-state index contributed by atoms with van der Waals surface area (Å²) in [4.78, 5) is 52.4. The smallest absolute Gasteiger partial charge is 0.316 e. The molecule has 33 heavy (non-hydrogen) atoms. The largest absolute Gasteiger partial charge is 0.458 e. The minimum absolute atomic E-state index is 0.0161. The van der Waals surface area contributed by atoms with Crippen LogP contribution in [0.15, 0.2) is 0 Å². The van der Waals surface area contributed by atoms with E-state index in [9.17, 15) is 19.2 Å². The Morgan fingerprint density at radius 2 is 1.61 bits per heavy atom. The van der Waals surface area contributed by atoms with E-state index >= 15 is 0 Å². The number of esters is 2. The van der Waals surface area contributed by atoms with Crippen LogP contribution in [0, 0.1) is 29.1 Å². The van der Waals surface area contributed by atoms with E-state index in [2.05, 4.69) is 0 Å². The van der Waals surface area contributed by atoms with Gasteiger partial charge in [-0.1, -0.05) is 34.6 Å². The van der Waals surface area contributed by atoms with Crippen LogP contribution in [0.4, 0.5) is 0 Å². The van der Waals surface area contributed by atoms with Crippen molar-refractivity contribution < 1.29 is 33.4 Å². The lowest BCUT2D eigenvalue weighted by Crippen LogP contribution is -2.55. The zero-order valence-corrected chi connectivity index (χ0v) is 21.8. The third-order valence-corrected chi connectivity index (χ3v) is 8.96. The Morgan fingerprint density at radius 3 is 2.12 bits per heavy atom. The van der Waals surface area contributed by atoms with Gasteiger partial charge in [0.05, 0.1) is 12.0 Å². The first-order valence-corrected chi connectivity index (χ1v) is 12.3. The highest BCUT2D eigenvalue weighted by Gasteiger charge is 2.62. The fourth-order valence-electron chi connectivity index (χ4n) is 5.88. The van der Waals surface area contributed by atoms with Crippen LogP contribution in [-0.2, 0) is 33.4 Å². The van der Waals surface area contributed by atoms with Gasteiger partial charge in [0.1, 0.15) is 23.6 Å². The molecule has 188 valence electrons. The van der Waals surface area contributed by atoms with Crippen LogP contribution < -0.4 is 0 Å². The number of hydrogen-bond donors (Lipinski definition) is 0. The standard InChI is InChI=1S/C26H42O7/c1-10-20-25(8)26(11-2,14-21(28)33-25)13-19(27)15(3)12-24(7,31-9)18(6)16(4)22(29)17(5)23(30)32-20/h15-18,20H,10-14H2,1-9H3/t15-,16-,17-,18-,20-,24-,25-,26?/m1/s1. The fraction of sp³-hybridized carbons (Fsp3) is 0.846. The second kappa shape index (κ2) is 9.85. The summed E-state index contributed by atoms with van der Waals surface area (Å²) in [5.41, 5.74) is -2.69. The summed E-state index contributed by atoms with van der Waals surface area (Å²) < 4.78 is 17.6. The van der Waals surface area contributed by atoms with Crippen LogP contribution in [-0.4, -0.2) is 47.9 Å². The molecule has 0 amide bonds. The van der Waals surface area contributed by atoms with E-state index in [0.29, 0.717) is 19.3 Å². The molecular weight excluding hydrogens is 424 g/mol. The van der Waals surface area contributed by atoms with Gasteiger partial charge in [0.15, 0.2) is 5.60 Å². The van der Waals surface area contributed by atoms with E-state index in [4.69, 9.17) is 14.2 Å². The van der Waals surface area contributed by atoms with Gasteiger partial charge in [-0.05, 0) is 46.0 Å². The van der Waals surface area contributed by atoms with Gasteiger partial charge in [0.25, 0.3) is 0 Å². The highest BCUT2D eigenvalue weighted by molar-refractivity contribution is 6.00. The molecule has 0 radical (unpaired) electrons. The summed E-state index contributed by atoms with van der Waals surface area (Å²) in [5, 5.41) is 0. The number of methoxy groups -OCH3 is 1. The summed E-state index contributed by atoms with van der Waals surface area (Å²) in [6.07, 6.45) is 0.841. The molecule has 1 unspecified atom stereocenters. The van der Waals surface area contributed by atoms with E-state index in [1.54, 1.807) is 27.9 Å². The molecule has 0 bridgehead atoms. The van der Waals surface area contributed by atoms with Crippen molar-refractivity contribution in [2.45, 2.75) is 105 Å². The topological polar surface area (TPSA) is 96.0 Å². The molecule has 0 aromatic rings. The predicted octanol–water partition coefficient (Wildman–Crippen LogP) is 4.29. The monoisotopic (exact) mass is 466 g/mol. The lowest BCUT2D eigenvalue weighted by molar-refractivity contribution is -0.191. The Labute approximate surface area is 198 Å². The first-order chi connectivity index (χ1) is 15.2. The Balaban J connectivity index is 2.62. The van der Waals surface area contributed by atoms with Gasteiger partial charge >= 0.3 is 11.9 Å². The summed E-state index contributed by atoms with van der Waals surface area (Å²) >= 11 is 0. The van der Waals surface area contributed by atoms with E-state index in [-0.39, 0.29) is 36.2 Å². The van der Waals surface area contributed by atoms with Crippen molar-refractivity contribution in [2.24, 2.45) is 29.1 Å². The summed E-state index contributed by atoms with van der Waals surface area (Å²) in [6, 6.07) is 0. The molecule has 2 aliphatic rings. The van der Waals surface area contributed by atoms with E-state index in [1.165, 1.54) is 0 Å². The SMILES string of the molecule is CC[C@H]1OC(=O)[C@H](C)C(=O)[C@H](C)[C@@H](C)[C@](C)(OC)C[C@@H](C)C(=O)CC2(CC)CC(=O)O[C@]12C. The lowest BCUT2D eigenvalue weighted by Gasteiger charge is -2.45. The van der Waals surface area contributed by atoms with Crippen molar-refractivity contribution in [1.29, 1.82) is 0 Å². The number of Topliss-reactive ketones (excluding diaryl/α,β-unsaturated/α-hetero) is 2. The number of ether oxygens (including phenoxy) is 3. The Kier molecular flexibility index (Phi) is 8.20. The average molecular weight is 467 g/mol. The fourth-order valence-corrected chi connectivity index (χ4v) is 5.88. The molecule has 2 saturated heterocycles. The zero-order valence-electron chi connectivity index (χ0n) is 21.8. The molecule has 8 atom stereocenters. The number of ketones is 2. The van der Waals surface area contributed by atoms with Gasteiger partial charge < -0.3 is 14.2 Å². The molecule has 2 rings (SSSR count). The molecule has 0 saturated carbocycles. The predicted molar refractivity (Wildman–Crippen MR) is 123 cm³/mol. The lowest BCUT2D eigenvalue weighted by atomic mass is 9.63. The average Bonchev–Trinajstić information content (AvgIpc) is 3.04. The molecule has 0 N–H and O–H groups in total. The first-order valence-electron chi connectivity index (χ1n) is 12.3. The van der Waals surface area contributed by atoms with Gasteiger partial charge in [-0.15, -0.1) is 0 Å². The number of carbonyl (C=O) groups excluding carboxylic acids is 4. The van der Waals surface area contributed by atoms with Crippen LogP contribution in [0.2, 0.25) is 0 Å². The van der Waals surface area contributed by atoms with Crippen molar-refractivity contribution in [3.05, 3.63) is 0 Å². The minimum Gasteiger partial charge on any atom is -0.458 e. The van der Waals surface area contributed by atoms with E-state index < -0.39 is 46.5 Å². The van der Waals surface area contributed by atoms with Gasteiger partial charge in [0.2, 0.25) is 0 Å². The van der Waals surface area contributed by atoms with Gasteiger partial charge in [-0.25, -0.2) is 0 Å². The Hall–Kier alpha value is -1.76. The minimum atomic E-state index is -1.16. The summed E-state index contributed by atoms with van der Waals surface area (Å²) in [5.74, 6) is -3.24. The molecule has 2 aliphatic heterocycles. The van der Waals surface area contributed by atoms with Crippen LogP contribution >= 0.6 is 0 Å². The van der Waals surface area contributed by atoms with Gasteiger partial charge in [-0.3, -0.25) is 19.2 Å². The third-order valence-electron chi connectivity index (χ3n) is 8.96. The first kappa shape index (κ1) is 27.5. The Morgan fingerprint density at radius 1 is 1.00 bits per heavy atom. The highest BCUT2D eigenvalue weighted by Crippen LogP contribution is 2.53. The van der Waals surface area contributed by atoms with Crippen LogP contribution in [0.25, 0.3) is 0 Å². The van der Waals surface area contributed by atoms with Crippen molar-refractivity contribution in [3.8, 4) is 0 Å². The zero-order chi connectivity index (χ0) is 25.4. The maximum Gasteiger partial charge on any atom is 0.316 e. The molecule has 0 spiro atoms. The molecule has 0 aliphatic carbocycles. The van der Waals surface area contributed by atoms with Crippen LogP contribution in [0.3, 0.4) is 0 Å². The van der Waals surface area contributed by atoms with Crippen LogP contribution in [0.5, 0.6) is 0 Å². The van der Waals surface area contributed by atoms with Crippen molar-refractivity contribution in [1.82, 2.24) is 0 Å². The normalized spacial score (nSPS) is 43.5. The number of fused-ring (bicyclic) bond motifs is 1. The maximum absolute atomic E-state index is 13.5. The van der Waals surface area contributed by atoms with Gasteiger partial charge in [-0.2, -0.15) is 0 Å². The highest BCUT2D eigenvalue weighted by atomic mass is 16.6. The molecular formula is C26H42O7. The number of rotatable bonds is 3. The van der Waals surface area contributed by atoms with Gasteiger partial charge in [0, 0.05) is 30.8 Å². The summed E-state index contributed by atoms with van der Waals surface area (Å²) in [6.45, 7) is 14.6. The quantitative estimate of drug-likeness (QED) is 0.452. The van der Waals surface area contributed by atoms with E-state index in [1.807, 2.05) is 34.6 Å². The van der Waals surface area contributed by atoms with E-state index in [0.717, 1.165) is 0 Å². The summed E-state index contributed by atoms with van der Waals surface area (Å²) in [7, 11) is 1.59. The third kappa shape index (κ3) is 4.75. The maximum atomic E-state index is 13.5. The molecule has 7 heteroatoms. The van der Waals surface area contributed by atoms with Crippen LogP contribution in [0.1, 0.15) is 87.5 Å². The van der Waals surface area contributed by atoms with Crippen molar-refractivity contribution >= 4 is 23.5 Å². The second-order valence-electron chi connectivity index (χ2n) is 10.7. The second-order valence-corrected chi connectivity index (χ2v) is 10.7. The molecule has 7 nitrogen and oxygen atoms in total. The Bertz CT molecular complexity index is 792.